The number of alkyl carbamates (subject to hydrolysis) is 1. The minimum absolute atomic E-state index is 0.00878. The second kappa shape index (κ2) is 13.0. The number of aryl methyl sites for hydroxylation is 1. The summed E-state index contributed by atoms with van der Waals surface area (Å²) in [6.45, 7) is 12.3. The molecule has 4 aliphatic heterocycles. The number of hydrogen-bond acceptors (Lipinski definition) is 8. The zero-order valence-electron chi connectivity index (χ0n) is 28.2. The van der Waals surface area contributed by atoms with Crippen molar-refractivity contribution in [1.29, 1.82) is 0 Å². The number of carbonyl (C=O) groups is 3. The summed E-state index contributed by atoms with van der Waals surface area (Å²) in [5.41, 5.74) is 0.659. The van der Waals surface area contributed by atoms with Gasteiger partial charge in [-0.1, -0.05) is 25.5 Å². The fourth-order valence-electron chi connectivity index (χ4n) is 7.32. The van der Waals surface area contributed by atoms with Crippen LogP contribution in [0.3, 0.4) is 0 Å². The largest absolute Gasteiger partial charge is 0.487 e. The van der Waals surface area contributed by atoms with E-state index in [0.29, 0.717) is 25.9 Å². The first-order valence-electron chi connectivity index (χ1n) is 16.7. The molecule has 5 aliphatic rings. The number of nitrogens with one attached hydrogen (secondary N) is 2. The van der Waals surface area contributed by atoms with Crippen LogP contribution in [0.4, 0.5) is 4.79 Å². The topological polar surface area (TPSA) is 119 Å². The van der Waals surface area contributed by atoms with E-state index in [9.17, 15) is 14.4 Å². The van der Waals surface area contributed by atoms with E-state index < -0.39 is 17.2 Å². The summed E-state index contributed by atoms with van der Waals surface area (Å²) < 4.78 is 17.4. The third-order valence-corrected chi connectivity index (χ3v) is 9.70. The molecule has 4 bridgehead atoms. The predicted octanol–water partition coefficient (Wildman–Crippen LogP) is 5.48. The Kier molecular flexibility index (Phi) is 9.66. The zero-order chi connectivity index (χ0) is 32.6. The van der Waals surface area contributed by atoms with Gasteiger partial charge in [-0.3, -0.25) is 19.8 Å². The molecule has 0 radical (unpaired) electrons. The number of guanidine groups is 1. The van der Waals surface area contributed by atoms with Crippen LogP contribution in [0.15, 0.2) is 23.2 Å². The molecule has 1 unspecified atom stereocenters. The normalized spacial score (nSPS) is 29.9. The van der Waals surface area contributed by atoms with Crippen molar-refractivity contribution in [2.24, 2.45) is 16.8 Å². The van der Waals surface area contributed by atoms with Gasteiger partial charge in [0.05, 0.1) is 18.5 Å². The van der Waals surface area contributed by atoms with Crippen molar-refractivity contribution in [2.75, 3.05) is 20.3 Å². The van der Waals surface area contributed by atoms with Gasteiger partial charge in [-0.25, -0.2) is 9.79 Å². The number of ether oxygens (including phenoxy) is 3. The van der Waals surface area contributed by atoms with E-state index in [1.54, 1.807) is 32.8 Å². The lowest BCUT2D eigenvalue weighted by Gasteiger charge is -2.42. The third-order valence-electron chi connectivity index (χ3n) is 9.70. The fraction of sp³-hybridized carbons (Fsp3) is 0.714. The summed E-state index contributed by atoms with van der Waals surface area (Å²) in [5, 5.41) is 6.43. The molecule has 10 nitrogen and oxygen atoms in total. The molecule has 1 fully saturated rings. The van der Waals surface area contributed by atoms with Crippen LogP contribution in [0, 0.1) is 11.8 Å². The van der Waals surface area contributed by atoms with Crippen molar-refractivity contribution in [1.82, 2.24) is 15.5 Å². The Labute approximate surface area is 268 Å². The number of hydrogen-bond donors (Lipinski definition) is 2. The van der Waals surface area contributed by atoms with Crippen LogP contribution in [0.5, 0.6) is 5.75 Å². The number of benzene rings is 1. The Hall–Kier alpha value is -2.98. The molecule has 0 spiro atoms. The van der Waals surface area contributed by atoms with Gasteiger partial charge in [0.2, 0.25) is 11.9 Å². The predicted molar refractivity (Wildman–Crippen MR) is 172 cm³/mol. The molecule has 1 aliphatic carbocycles. The lowest BCUT2D eigenvalue weighted by molar-refractivity contribution is -0.132. The Bertz CT molecular complexity index is 1320. The molecule has 2 N–H and O–H groups in total. The van der Waals surface area contributed by atoms with E-state index in [1.165, 1.54) is 5.56 Å². The number of carbonyl (C=O) groups excluding carboxylic acids is 3. The van der Waals surface area contributed by atoms with Gasteiger partial charge in [-0.2, -0.15) is 0 Å². The molecule has 0 saturated heterocycles. The van der Waals surface area contributed by atoms with E-state index in [-0.39, 0.29) is 60.1 Å². The molecule has 1 saturated carbocycles. The first kappa shape index (κ1) is 33.4. The van der Waals surface area contributed by atoms with Crippen LogP contribution in [0.2, 0.25) is 0 Å². The van der Waals surface area contributed by atoms with Gasteiger partial charge >= 0.3 is 6.09 Å². The highest BCUT2D eigenvalue weighted by Gasteiger charge is 2.53. The second-order valence-electron chi connectivity index (χ2n) is 15.0. The number of methoxy groups -OCH3 is 1. The molecular formula is C35H52N4O6. The molecule has 4 heterocycles. The molecule has 1 aromatic rings. The second-order valence-corrected chi connectivity index (χ2v) is 15.0. The summed E-state index contributed by atoms with van der Waals surface area (Å²) in [4.78, 5) is 47.7. The number of amides is 2. The highest BCUT2D eigenvalue weighted by atomic mass is 16.6. The molecule has 10 heteroatoms. The number of nitrogens with zero attached hydrogens (tertiary/aromatic N) is 2. The quantitative estimate of drug-likeness (QED) is 0.456. The standard InChI is InChI=1S/C35H52N4O6/c1-8-35-15-10-9-11-22-12-13-29-25(17-22)26(19-34(5,6)44-29)36-21-28(40)24-18-23(24)27(14-16-43-7)39(30(41)20-35)31(38-35)37-32(42)45-33(2,3)4/h12-13,17,23-24,26-27,36H,8-11,14-16,18-21H2,1-7H3,(H,37,38,42)/t23-,24-,26?,27+,35+/m0/s1. The van der Waals surface area contributed by atoms with Crippen molar-refractivity contribution in [2.45, 2.75) is 128 Å². The van der Waals surface area contributed by atoms with E-state index in [0.717, 1.165) is 43.4 Å². The lowest BCUT2D eigenvalue weighted by Crippen LogP contribution is -2.59. The smallest absolute Gasteiger partial charge is 0.414 e. The summed E-state index contributed by atoms with van der Waals surface area (Å²) in [7, 11) is 1.63. The molecule has 2 amide bonds. The highest BCUT2D eigenvalue weighted by Crippen LogP contribution is 2.47. The van der Waals surface area contributed by atoms with E-state index in [1.807, 2.05) is 0 Å². The zero-order valence-corrected chi connectivity index (χ0v) is 28.2. The van der Waals surface area contributed by atoms with Crippen LogP contribution in [0.1, 0.15) is 110 Å². The minimum Gasteiger partial charge on any atom is -0.487 e. The summed E-state index contributed by atoms with van der Waals surface area (Å²) in [5.74, 6) is 0.918. The van der Waals surface area contributed by atoms with Crippen LogP contribution in [-0.2, 0) is 25.5 Å². The van der Waals surface area contributed by atoms with Crippen molar-refractivity contribution >= 4 is 23.7 Å². The van der Waals surface area contributed by atoms with Gasteiger partial charge in [0.25, 0.3) is 0 Å². The average molecular weight is 625 g/mol. The summed E-state index contributed by atoms with van der Waals surface area (Å²) in [6, 6.07) is 6.11. The van der Waals surface area contributed by atoms with Gasteiger partial charge in [-0.15, -0.1) is 0 Å². The van der Waals surface area contributed by atoms with Crippen LogP contribution in [-0.4, -0.2) is 71.7 Å². The van der Waals surface area contributed by atoms with Gasteiger partial charge in [0, 0.05) is 43.7 Å². The number of Topliss-reactive ketones (excluding diaryl/α,β-unsaturated/α-hetero) is 1. The molecule has 5 atom stereocenters. The minimum atomic E-state index is -0.713. The maximum absolute atomic E-state index is 14.1. The molecule has 6 rings (SSSR count). The third kappa shape index (κ3) is 7.88. The molecule has 1 aromatic carbocycles. The van der Waals surface area contributed by atoms with E-state index >= 15 is 0 Å². The number of fused-ring (bicyclic) bond motifs is 6. The van der Waals surface area contributed by atoms with Crippen LogP contribution in [0.25, 0.3) is 0 Å². The summed E-state index contributed by atoms with van der Waals surface area (Å²) in [6.07, 6.45) is 5.68. The van der Waals surface area contributed by atoms with Crippen LogP contribution < -0.4 is 15.4 Å². The molecule has 45 heavy (non-hydrogen) atoms. The summed E-state index contributed by atoms with van der Waals surface area (Å²) >= 11 is 0. The van der Waals surface area contributed by atoms with Crippen molar-refractivity contribution in [3.63, 3.8) is 0 Å². The van der Waals surface area contributed by atoms with Crippen molar-refractivity contribution in [3.05, 3.63) is 29.3 Å². The van der Waals surface area contributed by atoms with Crippen molar-refractivity contribution in [3.8, 4) is 5.75 Å². The Morgan fingerprint density at radius 3 is 2.71 bits per heavy atom. The van der Waals surface area contributed by atoms with E-state index in [2.05, 4.69) is 49.6 Å². The van der Waals surface area contributed by atoms with Crippen LogP contribution >= 0.6 is 0 Å². The number of ketones is 1. The molecule has 248 valence electrons. The van der Waals surface area contributed by atoms with Gasteiger partial charge in [0.15, 0.2) is 0 Å². The Morgan fingerprint density at radius 2 is 2.00 bits per heavy atom. The van der Waals surface area contributed by atoms with E-state index in [4.69, 9.17) is 19.2 Å². The van der Waals surface area contributed by atoms with Gasteiger partial charge in [0.1, 0.15) is 22.7 Å². The number of rotatable bonds is 4. The Balaban J connectivity index is 1.50. The first-order chi connectivity index (χ1) is 21.2. The molecule has 0 aromatic heterocycles. The lowest BCUT2D eigenvalue weighted by atomic mass is 9.84. The maximum Gasteiger partial charge on any atom is 0.414 e. The van der Waals surface area contributed by atoms with Crippen molar-refractivity contribution < 1.29 is 28.6 Å². The maximum atomic E-state index is 14.1. The monoisotopic (exact) mass is 624 g/mol. The first-order valence-corrected chi connectivity index (χ1v) is 16.7. The SMILES string of the molecule is CC[C@@]12CCCCc3ccc4c(c3)C(CC(C)(C)O4)NCC(=O)[C@H]3C[C@@H]3[C@@H](CCOC)N(C(=O)C1)C(NC(=O)OC(C)(C)C)=N2. The average Bonchev–Trinajstić information content (AvgIpc) is 3.74. The van der Waals surface area contributed by atoms with Gasteiger partial charge < -0.3 is 19.5 Å². The number of aliphatic imine (C=N–C) groups is 1. The molecular weight excluding hydrogens is 572 g/mol. The fourth-order valence-corrected chi connectivity index (χ4v) is 7.32. The highest BCUT2D eigenvalue weighted by molar-refractivity contribution is 6.05. The van der Waals surface area contributed by atoms with Gasteiger partial charge in [-0.05, 0) is 90.7 Å². The Morgan fingerprint density at radius 1 is 1.22 bits per heavy atom.